The maximum Gasteiger partial charge on any atom is 0.339 e. The van der Waals surface area contributed by atoms with E-state index in [2.05, 4.69) is 20.0 Å². The number of hydrogen-bond acceptors (Lipinski definition) is 7. The fourth-order valence-electron chi connectivity index (χ4n) is 1.71. The second-order valence-corrected chi connectivity index (χ2v) is 4.22. The lowest BCUT2D eigenvalue weighted by atomic mass is 10.2. The van der Waals surface area contributed by atoms with Gasteiger partial charge < -0.3 is 15.8 Å². The maximum atomic E-state index is 11.5. The molecule has 0 unspecified atom stereocenters. The number of ether oxygens (including phenoxy) is 1. The van der Waals surface area contributed by atoms with Crippen LogP contribution in [0.5, 0.6) is 0 Å². The van der Waals surface area contributed by atoms with Crippen molar-refractivity contribution >= 4 is 23.2 Å². The first kappa shape index (κ1) is 14.3. The lowest BCUT2D eigenvalue weighted by Gasteiger charge is -2.11. The summed E-state index contributed by atoms with van der Waals surface area (Å²) < 4.78 is 4.66. The van der Waals surface area contributed by atoms with Crippen molar-refractivity contribution in [1.29, 1.82) is 5.26 Å². The Kier molecular flexibility index (Phi) is 4.00. The average Bonchev–Trinajstić information content (AvgIpc) is 2.50. The number of carbonyl (C=O) groups excluding carboxylic acids is 1. The first-order chi connectivity index (χ1) is 10.0. The third kappa shape index (κ3) is 3.06. The number of carbonyl (C=O) groups is 1. The molecule has 2 aromatic heterocycles. The van der Waals surface area contributed by atoms with Crippen LogP contribution >= 0.6 is 0 Å². The molecule has 2 aromatic rings. The Hall–Kier alpha value is -3.14. The van der Waals surface area contributed by atoms with Crippen molar-refractivity contribution in [3.8, 4) is 6.07 Å². The van der Waals surface area contributed by atoms with Crippen molar-refractivity contribution in [2.75, 3.05) is 18.2 Å². The molecule has 0 bridgehead atoms. The van der Waals surface area contributed by atoms with E-state index in [4.69, 9.17) is 11.0 Å². The maximum absolute atomic E-state index is 11.5. The predicted octanol–water partition coefficient (Wildman–Crippen LogP) is 1.77. The predicted molar refractivity (Wildman–Crippen MR) is 77.0 cm³/mol. The van der Waals surface area contributed by atoms with Crippen LogP contribution < -0.4 is 11.1 Å². The molecule has 0 aliphatic carbocycles. The van der Waals surface area contributed by atoms with Crippen LogP contribution in [0.4, 0.5) is 17.2 Å². The number of pyridine rings is 2. The molecule has 3 N–H and O–H groups in total. The van der Waals surface area contributed by atoms with Gasteiger partial charge in [-0.05, 0) is 25.1 Å². The fraction of sp³-hybridized carbons (Fsp3) is 0.143. The van der Waals surface area contributed by atoms with E-state index >= 15 is 0 Å². The molecule has 0 spiro atoms. The normalized spacial score (nSPS) is 9.76. The highest BCUT2D eigenvalue weighted by Gasteiger charge is 2.14. The second kappa shape index (κ2) is 5.88. The van der Waals surface area contributed by atoms with Gasteiger partial charge in [-0.2, -0.15) is 5.26 Å². The van der Waals surface area contributed by atoms with E-state index in [1.165, 1.54) is 19.4 Å². The lowest BCUT2D eigenvalue weighted by Crippen LogP contribution is -2.09. The molecule has 21 heavy (non-hydrogen) atoms. The molecule has 106 valence electrons. The zero-order valence-corrected chi connectivity index (χ0v) is 11.5. The Morgan fingerprint density at radius 3 is 2.81 bits per heavy atom. The quantitative estimate of drug-likeness (QED) is 0.825. The highest BCUT2D eigenvalue weighted by atomic mass is 16.5. The average molecular weight is 283 g/mol. The van der Waals surface area contributed by atoms with Gasteiger partial charge in [-0.15, -0.1) is 0 Å². The number of nitrogen functional groups attached to an aromatic ring is 1. The summed E-state index contributed by atoms with van der Waals surface area (Å²) in [5.74, 6) is -0.0787. The molecule has 0 aliphatic rings. The lowest BCUT2D eigenvalue weighted by molar-refractivity contribution is 0.0599. The topological polar surface area (TPSA) is 114 Å². The molecule has 7 nitrogen and oxygen atoms in total. The zero-order valence-electron chi connectivity index (χ0n) is 11.5. The Labute approximate surface area is 121 Å². The van der Waals surface area contributed by atoms with Crippen LogP contribution in [0.25, 0.3) is 0 Å². The summed E-state index contributed by atoms with van der Waals surface area (Å²) in [6.45, 7) is 1.69. The van der Waals surface area contributed by atoms with Gasteiger partial charge in [-0.3, -0.25) is 0 Å². The second-order valence-electron chi connectivity index (χ2n) is 4.22. The summed E-state index contributed by atoms with van der Waals surface area (Å²) in [4.78, 5) is 19.7. The van der Waals surface area contributed by atoms with Gasteiger partial charge in [-0.25, -0.2) is 14.8 Å². The number of methoxy groups -OCH3 is 1. The van der Waals surface area contributed by atoms with Crippen LogP contribution in [0, 0.1) is 18.3 Å². The van der Waals surface area contributed by atoms with E-state index < -0.39 is 5.97 Å². The number of aryl methyl sites for hydroxylation is 1. The van der Waals surface area contributed by atoms with Gasteiger partial charge in [0.25, 0.3) is 0 Å². The van der Waals surface area contributed by atoms with Crippen molar-refractivity contribution in [2.24, 2.45) is 0 Å². The molecule has 0 fully saturated rings. The smallest absolute Gasteiger partial charge is 0.339 e. The summed E-state index contributed by atoms with van der Waals surface area (Å²) >= 11 is 0. The molecule has 2 heterocycles. The Morgan fingerprint density at radius 1 is 1.48 bits per heavy atom. The fourth-order valence-corrected chi connectivity index (χ4v) is 1.71. The number of nitrogens with one attached hydrogen (secondary N) is 1. The van der Waals surface area contributed by atoms with Crippen LogP contribution in [0.2, 0.25) is 0 Å². The highest BCUT2D eigenvalue weighted by molar-refractivity contribution is 5.92. The van der Waals surface area contributed by atoms with E-state index in [9.17, 15) is 4.79 Å². The first-order valence-corrected chi connectivity index (χ1v) is 6.03. The van der Waals surface area contributed by atoms with Gasteiger partial charge in [0.2, 0.25) is 0 Å². The monoisotopic (exact) mass is 283 g/mol. The number of hydrogen-bond donors (Lipinski definition) is 2. The van der Waals surface area contributed by atoms with E-state index in [1.807, 2.05) is 6.07 Å². The summed E-state index contributed by atoms with van der Waals surface area (Å²) in [7, 11) is 1.30. The SMILES string of the molecule is COC(=O)c1cc(N)c(Nc2ccc(C#N)nc2)nc1C. The van der Waals surface area contributed by atoms with Gasteiger partial charge in [-0.1, -0.05) is 0 Å². The number of esters is 1. The summed E-state index contributed by atoms with van der Waals surface area (Å²) in [6.07, 6.45) is 1.50. The van der Waals surface area contributed by atoms with Gasteiger partial charge >= 0.3 is 5.97 Å². The number of aromatic nitrogens is 2. The minimum Gasteiger partial charge on any atom is -0.465 e. The van der Waals surface area contributed by atoms with Gasteiger partial charge in [0.05, 0.1) is 35.9 Å². The zero-order chi connectivity index (χ0) is 15.4. The molecule has 0 aliphatic heterocycles. The standard InChI is InChI=1S/C14H13N5O2/c1-8-11(14(20)21-2)5-12(16)13(18-8)19-10-4-3-9(6-15)17-7-10/h3-5,7H,16H2,1-2H3,(H,18,19). The molecule has 7 heteroatoms. The van der Waals surface area contributed by atoms with Crippen LogP contribution in [-0.2, 0) is 4.74 Å². The molecule has 2 rings (SSSR count). The van der Waals surface area contributed by atoms with Gasteiger partial charge in [0, 0.05) is 0 Å². The van der Waals surface area contributed by atoms with E-state index in [-0.39, 0.29) is 0 Å². The van der Waals surface area contributed by atoms with Crippen LogP contribution in [0.1, 0.15) is 21.7 Å². The molecule has 0 radical (unpaired) electrons. The third-order valence-corrected chi connectivity index (χ3v) is 2.79. The summed E-state index contributed by atoms with van der Waals surface area (Å²) in [6, 6.07) is 6.71. The molecule has 0 saturated heterocycles. The first-order valence-electron chi connectivity index (χ1n) is 6.03. The minimum atomic E-state index is -0.488. The summed E-state index contributed by atoms with van der Waals surface area (Å²) in [5.41, 5.74) is 7.97. The molecule has 0 saturated carbocycles. The number of nitrogens with zero attached hydrogens (tertiary/aromatic N) is 3. The Bertz CT molecular complexity index is 719. The summed E-state index contributed by atoms with van der Waals surface area (Å²) in [5, 5.41) is 11.7. The van der Waals surface area contributed by atoms with Gasteiger partial charge in [0.1, 0.15) is 11.8 Å². The van der Waals surface area contributed by atoms with Crippen LogP contribution in [-0.4, -0.2) is 23.0 Å². The van der Waals surface area contributed by atoms with E-state index in [1.54, 1.807) is 19.1 Å². The molecular formula is C14H13N5O2. The number of nitriles is 1. The van der Waals surface area contributed by atoms with Crippen molar-refractivity contribution < 1.29 is 9.53 Å². The van der Waals surface area contributed by atoms with Crippen molar-refractivity contribution in [2.45, 2.75) is 6.92 Å². The van der Waals surface area contributed by atoms with E-state index in [0.717, 1.165) is 0 Å². The molecule has 0 atom stereocenters. The third-order valence-electron chi connectivity index (χ3n) is 2.79. The van der Waals surface area contributed by atoms with E-state index in [0.29, 0.717) is 34.1 Å². The largest absolute Gasteiger partial charge is 0.465 e. The van der Waals surface area contributed by atoms with Crippen molar-refractivity contribution in [1.82, 2.24) is 9.97 Å². The highest BCUT2D eigenvalue weighted by Crippen LogP contribution is 2.23. The van der Waals surface area contributed by atoms with Crippen LogP contribution in [0.3, 0.4) is 0 Å². The Balaban J connectivity index is 2.30. The van der Waals surface area contributed by atoms with Crippen LogP contribution in [0.15, 0.2) is 24.4 Å². The number of nitrogens with two attached hydrogens (primary N) is 1. The molecule has 0 amide bonds. The molecule has 0 aromatic carbocycles. The molecular weight excluding hydrogens is 270 g/mol. The van der Waals surface area contributed by atoms with Crippen molar-refractivity contribution in [3.63, 3.8) is 0 Å². The van der Waals surface area contributed by atoms with Crippen molar-refractivity contribution in [3.05, 3.63) is 41.3 Å². The number of anilines is 3. The Morgan fingerprint density at radius 2 is 2.24 bits per heavy atom. The minimum absolute atomic E-state index is 0.311. The van der Waals surface area contributed by atoms with Gasteiger partial charge in [0.15, 0.2) is 5.82 Å². The number of rotatable bonds is 3.